The molecule has 2 heteroatoms. The second-order valence-electron chi connectivity index (χ2n) is 12.3. The summed E-state index contributed by atoms with van der Waals surface area (Å²) in [6, 6.07) is 0. The summed E-state index contributed by atoms with van der Waals surface area (Å²) >= 11 is 0. The van der Waals surface area contributed by atoms with E-state index in [1.54, 1.807) is 5.57 Å². The Morgan fingerprint density at radius 2 is 1.79 bits per heavy atom. The number of aliphatic hydroxyl groups excluding tert-OH is 2. The second kappa shape index (κ2) is 7.97. The molecule has 0 aromatic carbocycles. The van der Waals surface area contributed by atoms with E-state index < -0.39 is 0 Å². The summed E-state index contributed by atoms with van der Waals surface area (Å²) in [5.41, 5.74) is 2.30. The Morgan fingerprint density at radius 1 is 1.03 bits per heavy atom. The van der Waals surface area contributed by atoms with Gasteiger partial charge in [0, 0.05) is 0 Å². The highest BCUT2D eigenvalue weighted by Gasteiger charge is 2.59. The summed E-state index contributed by atoms with van der Waals surface area (Å²) in [6.45, 7) is 11.9. The molecule has 4 aliphatic carbocycles. The fourth-order valence-corrected chi connectivity index (χ4v) is 8.68. The zero-order valence-electron chi connectivity index (χ0n) is 19.7. The van der Waals surface area contributed by atoms with Gasteiger partial charge in [-0.1, -0.05) is 46.3 Å². The molecule has 0 aromatic rings. The van der Waals surface area contributed by atoms with Crippen LogP contribution in [0.1, 0.15) is 98.8 Å². The molecule has 166 valence electrons. The summed E-state index contributed by atoms with van der Waals surface area (Å²) in [6.07, 6.45) is 14.1. The van der Waals surface area contributed by atoms with Crippen LogP contribution in [0.2, 0.25) is 0 Å². The van der Waals surface area contributed by atoms with E-state index in [4.69, 9.17) is 0 Å². The quantitative estimate of drug-likeness (QED) is 0.525. The Kier molecular flexibility index (Phi) is 6.01. The van der Waals surface area contributed by atoms with Gasteiger partial charge >= 0.3 is 0 Å². The maximum atomic E-state index is 11.0. The lowest BCUT2D eigenvalue weighted by atomic mass is 9.47. The molecule has 0 heterocycles. The third-order valence-corrected chi connectivity index (χ3v) is 10.4. The van der Waals surface area contributed by atoms with E-state index in [1.807, 2.05) is 0 Å². The van der Waals surface area contributed by atoms with Gasteiger partial charge in [0.25, 0.3) is 0 Å². The van der Waals surface area contributed by atoms with Crippen LogP contribution in [0.4, 0.5) is 0 Å². The predicted octanol–water partition coefficient (Wildman–Crippen LogP) is 6.36. The van der Waals surface area contributed by atoms with Crippen molar-refractivity contribution in [3.63, 3.8) is 0 Å². The van der Waals surface area contributed by atoms with Crippen LogP contribution in [-0.2, 0) is 0 Å². The molecule has 0 aromatic heterocycles. The van der Waals surface area contributed by atoms with Crippen molar-refractivity contribution in [1.29, 1.82) is 0 Å². The van der Waals surface area contributed by atoms with Gasteiger partial charge in [-0.3, -0.25) is 0 Å². The lowest BCUT2D eigenvalue weighted by Gasteiger charge is -2.58. The molecule has 0 amide bonds. The average Bonchev–Trinajstić information content (AvgIpc) is 3.01. The highest BCUT2D eigenvalue weighted by atomic mass is 16.3. The Morgan fingerprint density at radius 3 is 2.52 bits per heavy atom. The van der Waals surface area contributed by atoms with Gasteiger partial charge in [-0.15, -0.1) is 0 Å². The van der Waals surface area contributed by atoms with E-state index in [0.29, 0.717) is 23.2 Å². The fraction of sp³-hybridized carbons (Fsp3) is 0.926. The SMILES string of the molecule is CC(C)CC[C@H](O)[C@@H](C)[C@H]1CC[C@H]2[C@@H]3CC=C4CC[C@@H](O)C[C@]4(C)[C@H]3CC[C@]12C. The summed E-state index contributed by atoms with van der Waals surface area (Å²) in [7, 11) is 0. The minimum absolute atomic E-state index is 0.100. The fourth-order valence-electron chi connectivity index (χ4n) is 8.68. The molecule has 0 unspecified atom stereocenters. The van der Waals surface area contributed by atoms with Gasteiger partial charge in [-0.05, 0) is 111 Å². The number of aliphatic hydroxyl groups is 2. The number of allylic oxidation sites excluding steroid dienone is 2. The smallest absolute Gasteiger partial charge is 0.0568 e. The van der Waals surface area contributed by atoms with Gasteiger partial charge in [0.1, 0.15) is 0 Å². The zero-order valence-corrected chi connectivity index (χ0v) is 19.7. The number of hydrogen-bond donors (Lipinski definition) is 2. The first-order chi connectivity index (χ1) is 13.7. The molecule has 2 nitrogen and oxygen atoms in total. The first kappa shape index (κ1) is 21.9. The Balaban J connectivity index is 1.52. The summed E-state index contributed by atoms with van der Waals surface area (Å²) in [5, 5.41) is 21.4. The molecule has 0 spiro atoms. The topological polar surface area (TPSA) is 40.5 Å². The van der Waals surface area contributed by atoms with Crippen molar-refractivity contribution in [3.8, 4) is 0 Å². The van der Waals surface area contributed by atoms with Gasteiger partial charge in [-0.25, -0.2) is 0 Å². The minimum atomic E-state index is -0.139. The zero-order chi connectivity index (χ0) is 21.0. The normalized spacial score (nSPS) is 46.5. The lowest BCUT2D eigenvalue weighted by molar-refractivity contribution is -0.0731. The van der Waals surface area contributed by atoms with E-state index in [0.717, 1.165) is 49.9 Å². The highest BCUT2D eigenvalue weighted by molar-refractivity contribution is 5.25. The van der Waals surface area contributed by atoms with Crippen LogP contribution in [0.15, 0.2) is 11.6 Å². The van der Waals surface area contributed by atoms with E-state index >= 15 is 0 Å². The molecule has 9 atom stereocenters. The van der Waals surface area contributed by atoms with Crippen molar-refractivity contribution in [3.05, 3.63) is 11.6 Å². The van der Waals surface area contributed by atoms with Crippen LogP contribution in [0.25, 0.3) is 0 Å². The summed E-state index contributed by atoms with van der Waals surface area (Å²) < 4.78 is 0. The van der Waals surface area contributed by atoms with Crippen LogP contribution in [-0.4, -0.2) is 22.4 Å². The van der Waals surface area contributed by atoms with Gasteiger partial charge in [0.15, 0.2) is 0 Å². The third kappa shape index (κ3) is 3.65. The minimum Gasteiger partial charge on any atom is -0.393 e. The molecule has 0 radical (unpaired) electrons. The van der Waals surface area contributed by atoms with Crippen molar-refractivity contribution in [2.75, 3.05) is 0 Å². The van der Waals surface area contributed by atoms with Gasteiger partial charge < -0.3 is 10.2 Å². The Labute approximate surface area is 179 Å². The van der Waals surface area contributed by atoms with Crippen LogP contribution in [0.3, 0.4) is 0 Å². The molecule has 4 rings (SSSR count). The standard InChI is InChI=1S/C27H46O2/c1-17(2)6-13-25(29)18(3)22-11-12-23-21-10-8-19-7-9-20(28)16-27(19,5)24(21)14-15-26(22,23)4/h8,17-18,20-25,28-29H,6-7,9-16H2,1-5H3/t18-,20+,21-,22+,23-,24-,25-,26+,27-/m0/s1. The van der Waals surface area contributed by atoms with Gasteiger partial charge in [-0.2, -0.15) is 0 Å². The molecule has 2 N–H and O–H groups in total. The van der Waals surface area contributed by atoms with E-state index in [1.165, 1.54) is 32.1 Å². The van der Waals surface area contributed by atoms with Crippen molar-refractivity contribution < 1.29 is 10.2 Å². The molecule has 3 saturated carbocycles. The Bertz CT molecular complexity index is 624. The van der Waals surface area contributed by atoms with Crippen LogP contribution in [0.5, 0.6) is 0 Å². The van der Waals surface area contributed by atoms with Crippen molar-refractivity contribution in [2.24, 2.45) is 46.3 Å². The summed E-state index contributed by atoms with van der Waals surface area (Å²) in [4.78, 5) is 0. The maximum absolute atomic E-state index is 11.0. The van der Waals surface area contributed by atoms with E-state index in [2.05, 4.69) is 40.7 Å². The highest BCUT2D eigenvalue weighted by Crippen LogP contribution is 2.67. The number of rotatable bonds is 5. The first-order valence-electron chi connectivity index (χ1n) is 12.7. The summed E-state index contributed by atoms with van der Waals surface area (Å²) in [5.74, 6) is 4.12. The second-order valence-corrected chi connectivity index (χ2v) is 12.3. The Hall–Kier alpha value is -0.340. The molecular formula is C27H46O2. The lowest BCUT2D eigenvalue weighted by Crippen LogP contribution is -2.51. The molecular weight excluding hydrogens is 356 g/mol. The third-order valence-electron chi connectivity index (χ3n) is 10.4. The molecule has 4 aliphatic rings. The largest absolute Gasteiger partial charge is 0.393 e. The van der Waals surface area contributed by atoms with Gasteiger partial charge in [0.05, 0.1) is 12.2 Å². The molecule has 0 saturated heterocycles. The van der Waals surface area contributed by atoms with Crippen molar-refractivity contribution in [1.82, 2.24) is 0 Å². The van der Waals surface area contributed by atoms with Gasteiger partial charge in [0.2, 0.25) is 0 Å². The van der Waals surface area contributed by atoms with Crippen LogP contribution < -0.4 is 0 Å². The monoisotopic (exact) mass is 402 g/mol. The van der Waals surface area contributed by atoms with Crippen molar-refractivity contribution in [2.45, 2.75) is 111 Å². The predicted molar refractivity (Wildman–Crippen MR) is 120 cm³/mol. The van der Waals surface area contributed by atoms with Crippen LogP contribution >= 0.6 is 0 Å². The molecule has 3 fully saturated rings. The molecule has 29 heavy (non-hydrogen) atoms. The molecule has 0 bridgehead atoms. The maximum Gasteiger partial charge on any atom is 0.0568 e. The first-order valence-corrected chi connectivity index (χ1v) is 12.7. The number of fused-ring (bicyclic) bond motifs is 5. The van der Waals surface area contributed by atoms with E-state index in [9.17, 15) is 10.2 Å². The average molecular weight is 403 g/mol. The van der Waals surface area contributed by atoms with Crippen LogP contribution in [0, 0.1) is 46.3 Å². The van der Waals surface area contributed by atoms with Crippen molar-refractivity contribution >= 4 is 0 Å². The number of hydrogen-bond acceptors (Lipinski definition) is 2. The molecule has 0 aliphatic heterocycles. The van der Waals surface area contributed by atoms with E-state index in [-0.39, 0.29) is 17.6 Å².